The summed E-state index contributed by atoms with van der Waals surface area (Å²) < 4.78 is 39.8. The van der Waals surface area contributed by atoms with Crippen LogP contribution in [0.1, 0.15) is 18.8 Å². The maximum absolute atomic E-state index is 12.3. The topological polar surface area (TPSA) is 187 Å². The second-order valence-electron chi connectivity index (χ2n) is 7.33. The Morgan fingerprint density at radius 2 is 1.74 bits per heavy atom. The number of amides is 1. The second kappa shape index (κ2) is 12.5. The molecule has 0 unspecified atom stereocenters. The van der Waals surface area contributed by atoms with Crippen LogP contribution in [0.15, 0.2) is 52.7 Å². The van der Waals surface area contributed by atoms with Gasteiger partial charge in [0.1, 0.15) is 12.3 Å². The SMILES string of the molecule is CN.C[C@@H](C(N)=O)n1cnc2c1c(=O)n(CC=O)c(=O)n2C.FC(F)(F)c1ncc(-c2ccccn2)cn1. The summed E-state index contributed by atoms with van der Waals surface area (Å²) in [5.41, 5.74) is 9.57. The van der Waals surface area contributed by atoms with E-state index in [2.05, 4.69) is 25.7 Å². The first-order valence-corrected chi connectivity index (χ1v) is 10.7. The molecule has 38 heavy (non-hydrogen) atoms. The van der Waals surface area contributed by atoms with E-state index in [1.54, 1.807) is 24.4 Å². The predicted molar refractivity (Wildman–Crippen MR) is 130 cm³/mol. The molecule has 1 amide bonds. The summed E-state index contributed by atoms with van der Waals surface area (Å²) in [6.45, 7) is 1.15. The summed E-state index contributed by atoms with van der Waals surface area (Å²) in [7, 11) is 2.93. The van der Waals surface area contributed by atoms with Crippen molar-refractivity contribution in [2.24, 2.45) is 18.5 Å². The van der Waals surface area contributed by atoms with E-state index < -0.39 is 35.2 Å². The summed E-state index contributed by atoms with van der Waals surface area (Å²) in [4.78, 5) is 60.5. The third kappa shape index (κ3) is 6.33. The van der Waals surface area contributed by atoms with Crippen molar-refractivity contribution < 1.29 is 22.8 Å². The van der Waals surface area contributed by atoms with Gasteiger partial charge in [0.15, 0.2) is 11.2 Å². The number of hydrogen-bond donors (Lipinski definition) is 2. The fraction of sp³-hybridized carbons (Fsp3) is 0.273. The third-order valence-electron chi connectivity index (χ3n) is 5.01. The van der Waals surface area contributed by atoms with Crippen LogP contribution in [-0.2, 0) is 29.4 Å². The lowest BCUT2D eigenvalue weighted by molar-refractivity contribution is -0.145. The quantitative estimate of drug-likeness (QED) is 0.338. The number of carbonyl (C=O) groups excluding carboxylic acids is 2. The fourth-order valence-electron chi connectivity index (χ4n) is 3.10. The molecule has 4 aromatic rings. The molecule has 16 heteroatoms. The number of nitrogens with zero attached hydrogens (tertiary/aromatic N) is 7. The van der Waals surface area contributed by atoms with E-state index in [0.717, 1.165) is 21.5 Å². The standard InChI is InChI=1S/C11H13N5O4.C10H6F3N3.CH5N/c1-6(8(12)18)16-5-13-9-7(16)10(19)15(3-4-17)11(20)14(9)2;11-10(12,13)9-15-5-7(6-16-9)8-3-1-2-4-14-8;1-2/h4-6H,3H2,1-2H3,(H2,12,18);1-6H;2H2,1H3/t6-;;/m0../s1. The second-order valence-corrected chi connectivity index (χ2v) is 7.33. The van der Waals surface area contributed by atoms with Crippen molar-refractivity contribution in [1.29, 1.82) is 0 Å². The van der Waals surface area contributed by atoms with Gasteiger partial charge >= 0.3 is 11.9 Å². The molecule has 13 nitrogen and oxygen atoms in total. The number of pyridine rings is 1. The number of nitrogens with two attached hydrogens (primary N) is 2. The van der Waals surface area contributed by atoms with E-state index in [-0.39, 0.29) is 17.7 Å². The van der Waals surface area contributed by atoms with Gasteiger partial charge in [0.05, 0.1) is 18.6 Å². The highest BCUT2D eigenvalue weighted by molar-refractivity contribution is 5.81. The largest absolute Gasteiger partial charge is 0.451 e. The van der Waals surface area contributed by atoms with Gasteiger partial charge in [-0.3, -0.25) is 23.7 Å². The summed E-state index contributed by atoms with van der Waals surface area (Å²) in [6, 6.07) is 4.33. The van der Waals surface area contributed by atoms with Crippen molar-refractivity contribution in [3.05, 3.63) is 69.8 Å². The highest BCUT2D eigenvalue weighted by Crippen LogP contribution is 2.26. The highest BCUT2D eigenvalue weighted by Gasteiger charge is 2.34. The maximum Gasteiger partial charge on any atom is 0.451 e. The number of primary amides is 1. The lowest BCUT2D eigenvalue weighted by atomic mass is 10.2. The number of hydrogen-bond acceptors (Lipinski definition) is 9. The van der Waals surface area contributed by atoms with Gasteiger partial charge in [-0.15, -0.1) is 0 Å². The van der Waals surface area contributed by atoms with Gasteiger partial charge < -0.3 is 20.8 Å². The first-order chi connectivity index (χ1) is 18.0. The smallest absolute Gasteiger partial charge is 0.368 e. The number of carbonyl (C=O) groups is 2. The van der Waals surface area contributed by atoms with Crippen LogP contribution in [0.5, 0.6) is 0 Å². The van der Waals surface area contributed by atoms with E-state index in [0.29, 0.717) is 17.5 Å². The van der Waals surface area contributed by atoms with E-state index in [4.69, 9.17) is 5.73 Å². The molecular formula is C22H24F3N9O4. The van der Waals surface area contributed by atoms with Crippen LogP contribution in [0.25, 0.3) is 22.4 Å². The molecule has 0 aliphatic carbocycles. The lowest BCUT2D eigenvalue weighted by Gasteiger charge is -2.11. The van der Waals surface area contributed by atoms with Gasteiger partial charge in [0.2, 0.25) is 11.7 Å². The predicted octanol–water partition coefficient (Wildman–Crippen LogP) is 0.274. The number of aromatic nitrogens is 7. The molecular weight excluding hydrogens is 511 g/mol. The van der Waals surface area contributed by atoms with E-state index in [1.807, 2.05) is 0 Å². The number of aryl methyl sites for hydroxylation is 1. The molecule has 0 spiro atoms. The van der Waals surface area contributed by atoms with Crippen molar-refractivity contribution >= 4 is 23.4 Å². The average molecular weight is 535 g/mol. The van der Waals surface area contributed by atoms with Crippen LogP contribution in [0.4, 0.5) is 13.2 Å². The number of halogens is 3. The van der Waals surface area contributed by atoms with Crippen LogP contribution >= 0.6 is 0 Å². The van der Waals surface area contributed by atoms with Gasteiger partial charge in [-0.25, -0.2) is 19.7 Å². The molecule has 0 saturated carbocycles. The van der Waals surface area contributed by atoms with E-state index >= 15 is 0 Å². The molecule has 0 bridgehead atoms. The Bertz CT molecular complexity index is 1510. The van der Waals surface area contributed by atoms with Crippen molar-refractivity contribution in [3.8, 4) is 11.3 Å². The van der Waals surface area contributed by atoms with Crippen molar-refractivity contribution in [2.75, 3.05) is 7.05 Å². The third-order valence-corrected chi connectivity index (χ3v) is 5.01. The molecule has 202 valence electrons. The Balaban J connectivity index is 0.000000256. The van der Waals surface area contributed by atoms with E-state index in [1.165, 1.54) is 31.9 Å². The Morgan fingerprint density at radius 3 is 2.24 bits per heavy atom. The highest BCUT2D eigenvalue weighted by atomic mass is 19.4. The number of alkyl halides is 3. The minimum atomic E-state index is -4.51. The van der Waals surface area contributed by atoms with Gasteiger partial charge in [-0.1, -0.05) is 6.07 Å². The van der Waals surface area contributed by atoms with Crippen LogP contribution < -0.4 is 22.7 Å². The molecule has 4 aromatic heterocycles. The first-order valence-electron chi connectivity index (χ1n) is 10.7. The molecule has 4 N–H and O–H groups in total. The average Bonchev–Trinajstić information content (AvgIpc) is 3.36. The van der Waals surface area contributed by atoms with Gasteiger partial charge in [-0.2, -0.15) is 13.2 Å². The molecule has 0 aliphatic rings. The zero-order valence-electron chi connectivity index (χ0n) is 20.5. The monoisotopic (exact) mass is 535 g/mol. The Kier molecular flexibility index (Phi) is 9.69. The molecule has 1 atom stereocenters. The summed E-state index contributed by atoms with van der Waals surface area (Å²) in [6.07, 6.45) is 0.977. The van der Waals surface area contributed by atoms with Crippen LogP contribution in [0, 0.1) is 0 Å². The fourth-order valence-corrected chi connectivity index (χ4v) is 3.10. The van der Waals surface area contributed by atoms with Crippen molar-refractivity contribution in [1.82, 2.24) is 33.6 Å². The molecule has 0 fully saturated rings. The van der Waals surface area contributed by atoms with Crippen LogP contribution in [-0.4, -0.2) is 52.9 Å². The molecule has 0 aromatic carbocycles. The maximum atomic E-state index is 12.3. The van der Waals surface area contributed by atoms with Gasteiger partial charge in [0, 0.05) is 31.2 Å². The summed E-state index contributed by atoms with van der Waals surface area (Å²) >= 11 is 0. The van der Waals surface area contributed by atoms with Gasteiger partial charge in [-0.05, 0) is 26.1 Å². The zero-order chi connectivity index (χ0) is 28.6. The van der Waals surface area contributed by atoms with Crippen molar-refractivity contribution in [2.45, 2.75) is 25.7 Å². The number of fused-ring (bicyclic) bond motifs is 1. The number of aldehydes is 1. The van der Waals surface area contributed by atoms with E-state index in [9.17, 15) is 32.3 Å². The zero-order valence-corrected chi connectivity index (χ0v) is 20.5. The summed E-state index contributed by atoms with van der Waals surface area (Å²) in [5.74, 6) is -1.79. The molecule has 0 saturated heterocycles. The van der Waals surface area contributed by atoms with Gasteiger partial charge in [0.25, 0.3) is 5.56 Å². The Labute approximate surface area is 212 Å². The summed E-state index contributed by atoms with van der Waals surface area (Å²) in [5, 5.41) is 0. The Morgan fingerprint density at radius 1 is 1.11 bits per heavy atom. The van der Waals surface area contributed by atoms with Crippen LogP contribution in [0.3, 0.4) is 0 Å². The molecule has 4 heterocycles. The van der Waals surface area contributed by atoms with Crippen molar-refractivity contribution in [3.63, 3.8) is 0 Å². The first kappa shape index (κ1) is 29.5. The number of rotatable bonds is 5. The minimum Gasteiger partial charge on any atom is -0.368 e. The number of imidazole rings is 1. The van der Waals surface area contributed by atoms with Crippen LogP contribution in [0.2, 0.25) is 0 Å². The molecule has 4 rings (SSSR count). The Hall–Kier alpha value is -4.73. The molecule has 0 radical (unpaired) electrons. The lowest BCUT2D eigenvalue weighted by Crippen LogP contribution is -2.40. The normalized spacial score (nSPS) is 11.6. The minimum absolute atomic E-state index is 0.0558. The molecule has 0 aliphatic heterocycles.